The van der Waals surface area contributed by atoms with E-state index in [2.05, 4.69) is 0 Å². The lowest BCUT2D eigenvalue weighted by molar-refractivity contribution is -0.145. The summed E-state index contributed by atoms with van der Waals surface area (Å²) in [5, 5.41) is 0. The Balaban J connectivity index is 1.54. The first-order valence-corrected chi connectivity index (χ1v) is 17.6. The number of carbonyl (C=O) groups is 3. The summed E-state index contributed by atoms with van der Waals surface area (Å²) in [4.78, 5) is 42.3. The standard InChI is InChI=1S/C29H38N4O9S2/c1-5-41-28(35)22(3)33(27(34)26-7-6-16-32(26)44(39,40)25-14-8-21(2)9-15-25)23-10-12-24(13-11-23)42-29(36)30-17-19-31(20-18-30)43(4,37)38/h8-15,22,26H,5-7,16-20H2,1-4H3/t22-,26-/m0/s1. The Morgan fingerprint density at radius 2 is 1.55 bits per heavy atom. The highest BCUT2D eigenvalue weighted by Gasteiger charge is 2.43. The van der Waals surface area contributed by atoms with Crippen LogP contribution in [0, 0.1) is 6.92 Å². The molecule has 2 aliphatic heterocycles. The van der Waals surface area contributed by atoms with Crippen molar-refractivity contribution in [3.63, 3.8) is 0 Å². The molecule has 0 spiro atoms. The molecule has 2 atom stereocenters. The summed E-state index contributed by atoms with van der Waals surface area (Å²) in [5.74, 6) is -1.06. The first-order valence-electron chi connectivity index (χ1n) is 14.3. The van der Waals surface area contributed by atoms with E-state index in [1.54, 1.807) is 19.1 Å². The summed E-state index contributed by atoms with van der Waals surface area (Å²) in [6, 6.07) is 10.2. The minimum atomic E-state index is -3.99. The molecule has 0 radical (unpaired) electrons. The number of sulfonamides is 2. The van der Waals surface area contributed by atoms with Crippen molar-refractivity contribution < 1.29 is 40.7 Å². The average Bonchev–Trinajstić information content (AvgIpc) is 3.49. The van der Waals surface area contributed by atoms with Crippen molar-refractivity contribution in [2.45, 2.75) is 50.6 Å². The number of amides is 2. The van der Waals surface area contributed by atoms with Crippen LogP contribution in [-0.4, -0.2) is 106 Å². The van der Waals surface area contributed by atoms with Gasteiger partial charge in [-0.05, 0) is 70.0 Å². The molecule has 0 aromatic heterocycles. The zero-order chi connectivity index (χ0) is 32.2. The number of piperazine rings is 1. The van der Waals surface area contributed by atoms with Gasteiger partial charge in [0.1, 0.15) is 17.8 Å². The third-order valence-electron chi connectivity index (χ3n) is 7.65. The predicted molar refractivity (Wildman–Crippen MR) is 162 cm³/mol. The molecule has 4 rings (SSSR count). The van der Waals surface area contributed by atoms with Crippen LogP contribution < -0.4 is 9.64 Å². The van der Waals surface area contributed by atoms with Gasteiger partial charge in [-0.25, -0.2) is 26.4 Å². The molecule has 2 fully saturated rings. The van der Waals surface area contributed by atoms with Crippen LogP contribution in [0.5, 0.6) is 5.75 Å². The zero-order valence-corrected chi connectivity index (χ0v) is 26.8. The van der Waals surface area contributed by atoms with Crippen LogP contribution in [0.1, 0.15) is 32.3 Å². The van der Waals surface area contributed by atoms with Gasteiger partial charge in [0, 0.05) is 38.4 Å². The lowest BCUT2D eigenvalue weighted by Crippen LogP contribution is -2.53. The fourth-order valence-corrected chi connectivity index (χ4v) is 7.71. The third-order valence-corrected chi connectivity index (χ3v) is 10.9. The maximum absolute atomic E-state index is 14.1. The summed E-state index contributed by atoms with van der Waals surface area (Å²) in [5.41, 5.74) is 1.19. The van der Waals surface area contributed by atoms with E-state index in [1.165, 1.54) is 61.7 Å². The SMILES string of the molecule is CCOC(=O)[C@H](C)N(C(=O)[C@@H]1CCCN1S(=O)(=O)c1ccc(C)cc1)c1ccc(OC(=O)N2CCN(S(C)(=O)=O)CC2)cc1. The number of rotatable bonds is 9. The molecule has 2 saturated heterocycles. The molecule has 2 aromatic carbocycles. The number of anilines is 1. The highest BCUT2D eigenvalue weighted by Crippen LogP contribution is 2.31. The van der Waals surface area contributed by atoms with Crippen molar-refractivity contribution in [3.05, 3.63) is 54.1 Å². The molecule has 2 aromatic rings. The summed E-state index contributed by atoms with van der Waals surface area (Å²) in [6.07, 6.45) is 1.21. The minimum absolute atomic E-state index is 0.0803. The van der Waals surface area contributed by atoms with Gasteiger partial charge in [-0.15, -0.1) is 0 Å². The molecule has 2 aliphatic rings. The molecular formula is C29H38N4O9S2. The second-order valence-electron chi connectivity index (χ2n) is 10.7. The van der Waals surface area contributed by atoms with Gasteiger partial charge in [-0.3, -0.25) is 9.69 Å². The van der Waals surface area contributed by atoms with Gasteiger partial charge < -0.3 is 14.4 Å². The van der Waals surface area contributed by atoms with Gasteiger partial charge in [0.25, 0.3) is 0 Å². The molecule has 13 nitrogen and oxygen atoms in total. The smallest absolute Gasteiger partial charge is 0.415 e. The molecule has 44 heavy (non-hydrogen) atoms. The van der Waals surface area contributed by atoms with Gasteiger partial charge in [-0.1, -0.05) is 17.7 Å². The molecule has 15 heteroatoms. The van der Waals surface area contributed by atoms with E-state index in [0.717, 1.165) is 11.8 Å². The van der Waals surface area contributed by atoms with Crippen LogP contribution >= 0.6 is 0 Å². The van der Waals surface area contributed by atoms with E-state index < -0.39 is 50.1 Å². The maximum atomic E-state index is 14.1. The fourth-order valence-electron chi connectivity index (χ4n) is 5.23. The van der Waals surface area contributed by atoms with Crippen LogP contribution in [-0.2, 0) is 34.4 Å². The maximum Gasteiger partial charge on any atom is 0.415 e. The first-order chi connectivity index (χ1) is 20.7. The van der Waals surface area contributed by atoms with Crippen molar-refractivity contribution in [1.82, 2.24) is 13.5 Å². The van der Waals surface area contributed by atoms with Crippen molar-refractivity contribution in [2.75, 3.05) is 50.5 Å². The molecule has 0 unspecified atom stereocenters. The Kier molecular flexibility index (Phi) is 10.3. The zero-order valence-electron chi connectivity index (χ0n) is 25.2. The van der Waals surface area contributed by atoms with Crippen molar-refractivity contribution in [1.29, 1.82) is 0 Å². The van der Waals surface area contributed by atoms with Gasteiger partial charge in [-0.2, -0.15) is 8.61 Å². The number of ether oxygens (including phenoxy) is 2. The molecule has 0 N–H and O–H groups in total. The lowest BCUT2D eigenvalue weighted by atomic mass is 10.1. The first kappa shape index (κ1) is 33.4. The number of carbonyl (C=O) groups excluding carboxylic acids is 3. The van der Waals surface area contributed by atoms with Gasteiger partial charge in [0.2, 0.25) is 26.0 Å². The molecule has 0 aliphatic carbocycles. The van der Waals surface area contributed by atoms with Gasteiger partial charge >= 0.3 is 12.1 Å². The van der Waals surface area contributed by atoms with Crippen molar-refractivity contribution in [3.8, 4) is 5.75 Å². The molecule has 2 amide bonds. The van der Waals surface area contributed by atoms with Crippen LogP contribution in [0.2, 0.25) is 0 Å². The molecule has 2 heterocycles. The molecule has 240 valence electrons. The van der Waals surface area contributed by atoms with Crippen LogP contribution in [0.15, 0.2) is 53.4 Å². The Hall–Kier alpha value is -3.53. The van der Waals surface area contributed by atoms with Crippen molar-refractivity contribution in [2.24, 2.45) is 0 Å². The Labute approximate surface area is 258 Å². The van der Waals surface area contributed by atoms with E-state index in [0.29, 0.717) is 6.42 Å². The predicted octanol–water partition coefficient (Wildman–Crippen LogP) is 2.21. The monoisotopic (exact) mass is 650 g/mol. The van der Waals surface area contributed by atoms with Crippen LogP contribution in [0.4, 0.5) is 10.5 Å². The largest absolute Gasteiger partial charge is 0.464 e. The number of hydrogen-bond acceptors (Lipinski definition) is 9. The van der Waals surface area contributed by atoms with E-state index in [4.69, 9.17) is 9.47 Å². The number of benzene rings is 2. The highest BCUT2D eigenvalue weighted by atomic mass is 32.2. The summed E-state index contributed by atoms with van der Waals surface area (Å²) in [6.45, 7) is 5.92. The van der Waals surface area contributed by atoms with Crippen molar-refractivity contribution >= 4 is 43.7 Å². The highest BCUT2D eigenvalue weighted by molar-refractivity contribution is 7.89. The number of aryl methyl sites for hydroxylation is 1. The minimum Gasteiger partial charge on any atom is -0.464 e. The van der Waals surface area contributed by atoms with Crippen LogP contribution in [0.25, 0.3) is 0 Å². The van der Waals surface area contributed by atoms with Gasteiger partial charge in [0.15, 0.2) is 0 Å². The average molecular weight is 651 g/mol. The van der Waals surface area contributed by atoms with E-state index in [-0.39, 0.29) is 62.1 Å². The van der Waals surface area contributed by atoms with Crippen LogP contribution in [0.3, 0.4) is 0 Å². The summed E-state index contributed by atoms with van der Waals surface area (Å²) in [7, 11) is -7.34. The second kappa shape index (κ2) is 13.6. The summed E-state index contributed by atoms with van der Waals surface area (Å²) >= 11 is 0. The topological polar surface area (TPSA) is 151 Å². The molecular weight excluding hydrogens is 612 g/mol. The number of esters is 1. The van der Waals surface area contributed by atoms with E-state index in [1.807, 2.05) is 6.92 Å². The quantitative estimate of drug-likeness (QED) is 0.372. The normalized spacial score (nSPS) is 18.9. The lowest BCUT2D eigenvalue weighted by Gasteiger charge is -2.33. The second-order valence-corrected chi connectivity index (χ2v) is 14.6. The molecule has 0 bridgehead atoms. The van der Waals surface area contributed by atoms with E-state index in [9.17, 15) is 31.2 Å². The number of nitrogens with zero attached hydrogens (tertiary/aromatic N) is 4. The summed E-state index contributed by atoms with van der Waals surface area (Å²) < 4.78 is 63.7. The fraction of sp³-hybridized carbons (Fsp3) is 0.483. The van der Waals surface area contributed by atoms with Gasteiger partial charge in [0.05, 0.1) is 17.8 Å². The third kappa shape index (κ3) is 7.39. The Morgan fingerprint density at radius 1 is 0.932 bits per heavy atom. The molecule has 0 saturated carbocycles. The Bertz CT molecular complexity index is 1570. The Morgan fingerprint density at radius 3 is 2.11 bits per heavy atom. The van der Waals surface area contributed by atoms with E-state index >= 15 is 0 Å². The number of hydrogen-bond donors (Lipinski definition) is 0.